The normalized spacial score (nSPS) is 12.3. The fourth-order valence-electron chi connectivity index (χ4n) is 1.90. The Hall–Kier alpha value is -2.90. The number of nitrogens with one attached hydrogen (secondary N) is 1. The van der Waals surface area contributed by atoms with Crippen LogP contribution in [0.15, 0.2) is 30.6 Å². The SMILES string of the molecule is Nc1ncnc2nc(C=Cc3ccc(C(F)(F)F)cc3)[nH]c12. The largest absolute Gasteiger partial charge is 0.416 e. The molecule has 3 N–H and O–H groups in total. The topological polar surface area (TPSA) is 80.5 Å². The number of nitrogens with two attached hydrogens (primary N) is 1. The first-order chi connectivity index (χ1) is 10.4. The number of nitrogens with zero attached hydrogens (tertiary/aromatic N) is 3. The second kappa shape index (κ2) is 5.14. The standard InChI is InChI=1S/C14H10F3N5/c15-14(16,17)9-4-1-8(2-5-9)3-6-10-21-11-12(18)19-7-20-13(11)22-10/h1-7H,(H3,18,19,20,21,22). The van der Waals surface area contributed by atoms with Crippen molar-refractivity contribution in [2.24, 2.45) is 0 Å². The van der Waals surface area contributed by atoms with Gasteiger partial charge >= 0.3 is 6.18 Å². The van der Waals surface area contributed by atoms with Crippen molar-refractivity contribution in [1.82, 2.24) is 19.9 Å². The molecule has 3 aromatic rings. The third-order valence-electron chi connectivity index (χ3n) is 3.01. The van der Waals surface area contributed by atoms with E-state index in [2.05, 4.69) is 19.9 Å². The lowest BCUT2D eigenvalue weighted by atomic mass is 10.1. The average molecular weight is 305 g/mol. The van der Waals surface area contributed by atoms with Crippen molar-refractivity contribution in [3.05, 3.63) is 47.5 Å². The van der Waals surface area contributed by atoms with Crippen molar-refractivity contribution < 1.29 is 13.2 Å². The van der Waals surface area contributed by atoms with Crippen molar-refractivity contribution in [1.29, 1.82) is 0 Å². The minimum absolute atomic E-state index is 0.284. The Morgan fingerprint density at radius 3 is 2.41 bits per heavy atom. The molecule has 0 unspecified atom stereocenters. The van der Waals surface area contributed by atoms with Crippen LogP contribution in [0, 0.1) is 0 Å². The van der Waals surface area contributed by atoms with Gasteiger partial charge in [0.25, 0.3) is 0 Å². The van der Waals surface area contributed by atoms with Crippen LogP contribution in [0.4, 0.5) is 19.0 Å². The summed E-state index contributed by atoms with van der Waals surface area (Å²) < 4.78 is 37.4. The van der Waals surface area contributed by atoms with E-state index in [1.807, 2.05) is 0 Å². The summed E-state index contributed by atoms with van der Waals surface area (Å²) in [5.41, 5.74) is 6.57. The Labute approximate surface area is 122 Å². The fourth-order valence-corrected chi connectivity index (χ4v) is 1.90. The number of hydrogen-bond acceptors (Lipinski definition) is 4. The van der Waals surface area contributed by atoms with Crippen molar-refractivity contribution in [2.75, 3.05) is 5.73 Å². The molecule has 0 atom stereocenters. The minimum atomic E-state index is -4.34. The predicted molar refractivity (Wildman–Crippen MR) is 76.5 cm³/mol. The molecule has 0 radical (unpaired) electrons. The number of anilines is 1. The van der Waals surface area contributed by atoms with Crippen LogP contribution < -0.4 is 5.73 Å². The highest BCUT2D eigenvalue weighted by Crippen LogP contribution is 2.29. The molecule has 2 heterocycles. The zero-order valence-electron chi connectivity index (χ0n) is 11.1. The third-order valence-corrected chi connectivity index (χ3v) is 3.01. The highest BCUT2D eigenvalue weighted by molar-refractivity contribution is 5.83. The summed E-state index contributed by atoms with van der Waals surface area (Å²) in [4.78, 5) is 14.9. The van der Waals surface area contributed by atoms with Crippen LogP contribution in [-0.4, -0.2) is 19.9 Å². The summed E-state index contributed by atoms with van der Waals surface area (Å²) in [5.74, 6) is 0.772. The Bertz CT molecular complexity index is 834. The van der Waals surface area contributed by atoms with E-state index in [9.17, 15) is 13.2 Å². The molecule has 1 aromatic carbocycles. The summed E-state index contributed by atoms with van der Waals surface area (Å²) in [5, 5.41) is 0. The molecule has 5 nitrogen and oxygen atoms in total. The number of benzene rings is 1. The highest BCUT2D eigenvalue weighted by atomic mass is 19.4. The lowest BCUT2D eigenvalue weighted by molar-refractivity contribution is -0.137. The van der Waals surface area contributed by atoms with E-state index in [-0.39, 0.29) is 5.82 Å². The van der Waals surface area contributed by atoms with E-state index < -0.39 is 11.7 Å². The minimum Gasteiger partial charge on any atom is -0.382 e. The van der Waals surface area contributed by atoms with Gasteiger partial charge in [-0.1, -0.05) is 18.2 Å². The fraction of sp³-hybridized carbons (Fsp3) is 0.0714. The molecule has 3 rings (SSSR count). The number of rotatable bonds is 2. The monoisotopic (exact) mass is 305 g/mol. The van der Waals surface area contributed by atoms with Crippen LogP contribution in [0.2, 0.25) is 0 Å². The number of aromatic nitrogens is 4. The van der Waals surface area contributed by atoms with Crippen LogP contribution >= 0.6 is 0 Å². The van der Waals surface area contributed by atoms with Gasteiger partial charge in [-0.25, -0.2) is 15.0 Å². The highest BCUT2D eigenvalue weighted by Gasteiger charge is 2.29. The summed E-state index contributed by atoms with van der Waals surface area (Å²) in [7, 11) is 0. The molecule has 8 heteroatoms. The van der Waals surface area contributed by atoms with Gasteiger partial charge in [0.2, 0.25) is 0 Å². The molecule has 0 aliphatic rings. The first kappa shape index (κ1) is 14.1. The van der Waals surface area contributed by atoms with E-state index >= 15 is 0 Å². The molecule has 0 saturated heterocycles. The van der Waals surface area contributed by atoms with E-state index in [1.54, 1.807) is 12.2 Å². The van der Waals surface area contributed by atoms with Gasteiger partial charge < -0.3 is 10.7 Å². The van der Waals surface area contributed by atoms with Crippen LogP contribution in [0.3, 0.4) is 0 Å². The maximum absolute atomic E-state index is 12.5. The second-order valence-corrected chi connectivity index (χ2v) is 4.53. The van der Waals surface area contributed by atoms with Gasteiger partial charge in [0.15, 0.2) is 11.5 Å². The molecular weight excluding hydrogens is 295 g/mol. The average Bonchev–Trinajstić information content (AvgIpc) is 2.89. The summed E-state index contributed by atoms with van der Waals surface area (Å²) in [6.07, 6.45) is 0.240. The number of halogens is 3. The van der Waals surface area contributed by atoms with E-state index in [0.717, 1.165) is 12.1 Å². The van der Waals surface area contributed by atoms with E-state index in [0.29, 0.717) is 22.6 Å². The number of H-pyrrole nitrogens is 1. The van der Waals surface area contributed by atoms with Gasteiger partial charge in [0, 0.05) is 0 Å². The molecule has 112 valence electrons. The smallest absolute Gasteiger partial charge is 0.382 e. The van der Waals surface area contributed by atoms with Gasteiger partial charge in [0.05, 0.1) is 5.56 Å². The molecule has 2 aromatic heterocycles. The van der Waals surface area contributed by atoms with Crippen molar-refractivity contribution >= 4 is 29.1 Å². The summed E-state index contributed by atoms with van der Waals surface area (Å²) in [6, 6.07) is 4.83. The Morgan fingerprint density at radius 1 is 1.05 bits per heavy atom. The van der Waals surface area contributed by atoms with Crippen LogP contribution in [-0.2, 0) is 6.18 Å². The molecule has 0 fully saturated rings. The molecular formula is C14H10F3N5. The molecule has 0 aliphatic carbocycles. The number of imidazole rings is 1. The zero-order valence-corrected chi connectivity index (χ0v) is 11.1. The lowest BCUT2D eigenvalue weighted by Gasteiger charge is -2.05. The molecule has 22 heavy (non-hydrogen) atoms. The third kappa shape index (κ3) is 2.76. The number of fused-ring (bicyclic) bond motifs is 1. The molecule has 0 amide bonds. The van der Waals surface area contributed by atoms with E-state index in [1.165, 1.54) is 18.5 Å². The first-order valence-corrected chi connectivity index (χ1v) is 6.25. The zero-order chi connectivity index (χ0) is 15.7. The number of nitrogen functional groups attached to an aromatic ring is 1. The van der Waals surface area contributed by atoms with Gasteiger partial charge in [-0.2, -0.15) is 13.2 Å². The van der Waals surface area contributed by atoms with Crippen molar-refractivity contribution in [3.8, 4) is 0 Å². The van der Waals surface area contributed by atoms with Crippen LogP contribution in [0.5, 0.6) is 0 Å². The van der Waals surface area contributed by atoms with Crippen LogP contribution in [0.1, 0.15) is 17.0 Å². The first-order valence-electron chi connectivity index (χ1n) is 6.25. The lowest BCUT2D eigenvalue weighted by Crippen LogP contribution is -2.03. The quantitative estimate of drug-likeness (QED) is 0.762. The molecule has 0 saturated carbocycles. The van der Waals surface area contributed by atoms with Gasteiger partial charge in [-0.3, -0.25) is 0 Å². The van der Waals surface area contributed by atoms with Crippen molar-refractivity contribution in [3.63, 3.8) is 0 Å². The maximum Gasteiger partial charge on any atom is 0.416 e. The maximum atomic E-state index is 12.5. The summed E-state index contributed by atoms with van der Waals surface area (Å²) in [6.45, 7) is 0. The number of hydrogen-bond donors (Lipinski definition) is 2. The number of aromatic amines is 1. The van der Waals surface area contributed by atoms with E-state index in [4.69, 9.17) is 5.73 Å². The molecule has 0 aliphatic heterocycles. The molecule has 0 bridgehead atoms. The van der Waals surface area contributed by atoms with Gasteiger partial charge in [-0.15, -0.1) is 0 Å². The predicted octanol–water partition coefficient (Wildman–Crippen LogP) is 3.12. The van der Waals surface area contributed by atoms with Gasteiger partial charge in [-0.05, 0) is 23.8 Å². The second-order valence-electron chi connectivity index (χ2n) is 4.53. The van der Waals surface area contributed by atoms with Crippen molar-refractivity contribution in [2.45, 2.75) is 6.18 Å². The Morgan fingerprint density at radius 2 is 1.77 bits per heavy atom. The van der Waals surface area contributed by atoms with Crippen LogP contribution in [0.25, 0.3) is 23.3 Å². The Kier molecular flexibility index (Phi) is 3.28. The number of alkyl halides is 3. The van der Waals surface area contributed by atoms with Gasteiger partial charge in [0.1, 0.15) is 17.7 Å². The molecule has 0 spiro atoms. The summed E-state index contributed by atoms with van der Waals surface area (Å²) >= 11 is 0. The Balaban J connectivity index is 1.85.